The number of ether oxygens (including phenoxy) is 7. The predicted octanol–water partition coefficient (Wildman–Crippen LogP) is -2.69. The first-order valence-electron chi connectivity index (χ1n) is 16.3. The van der Waals surface area contributed by atoms with Gasteiger partial charge in [0.05, 0.1) is 32.5 Å². The minimum absolute atomic E-state index is 0.0380. The zero-order valence-electron chi connectivity index (χ0n) is 27.8. The number of aliphatic hydroxyl groups excluding tert-OH is 9. The lowest BCUT2D eigenvalue weighted by Crippen LogP contribution is -2.61. The Labute approximate surface area is 294 Å². The first-order valence-corrected chi connectivity index (χ1v) is 16.3. The lowest BCUT2D eigenvalue weighted by Gasteiger charge is -2.42. The number of phenolic OH excluding ortho intramolecular Hbond substituents is 1. The van der Waals surface area contributed by atoms with E-state index in [1.54, 1.807) is 0 Å². The van der Waals surface area contributed by atoms with Crippen molar-refractivity contribution in [2.24, 2.45) is 0 Å². The van der Waals surface area contributed by atoms with E-state index in [1.165, 1.54) is 31.2 Å². The van der Waals surface area contributed by atoms with Crippen LogP contribution in [-0.2, 0) is 14.2 Å². The molecule has 0 amide bonds. The van der Waals surface area contributed by atoms with Crippen LogP contribution in [0.1, 0.15) is 6.92 Å². The van der Waals surface area contributed by atoms with Crippen molar-refractivity contribution in [3.8, 4) is 40.1 Å². The number of aromatic hydroxyl groups is 1. The van der Waals surface area contributed by atoms with E-state index in [-0.39, 0.29) is 79.2 Å². The van der Waals surface area contributed by atoms with Gasteiger partial charge >= 0.3 is 0 Å². The molecule has 2 fully saturated rings. The minimum Gasteiger partial charge on any atom is -0.507 e. The van der Waals surface area contributed by atoms with Gasteiger partial charge in [-0.25, -0.2) is 0 Å². The number of rotatable bonds is 15. The Bertz CT molecular complexity index is 1700. The molecule has 0 unspecified atom stereocenters. The Balaban J connectivity index is 1.53. The van der Waals surface area contributed by atoms with Gasteiger partial charge in [0.25, 0.3) is 0 Å². The highest BCUT2D eigenvalue weighted by Crippen LogP contribution is 2.40. The third kappa shape index (κ3) is 8.36. The molecule has 52 heavy (non-hydrogen) atoms. The second-order valence-electron chi connectivity index (χ2n) is 11.9. The van der Waals surface area contributed by atoms with Crippen molar-refractivity contribution in [2.75, 3.05) is 46.2 Å². The van der Waals surface area contributed by atoms with Gasteiger partial charge in [-0.3, -0.25) is 4.79 Å². The summed E-state index contributed by atoms with van der Waals surface area (Å²) in [6, 6.07) is 6.59. The van der Waals surface area contributed by atoms with Crippen molar-refractivity contribution in [2.45, 2.75) is 68.3 Å². The van der Waals surface area contributed by atoms with Gasteiger partial charge in [0.2, 0.25) is 17.5 Å². The largest absolute Gasteiger partial charge is 0.507 e. The molecular weight excluding hydrogens is 700 g/mol. The fourth-order valence-corrected chi connectivity index (χ4v) is 5.60. The summed E-state index contributed by atoms with van der Waals surface area (Å²) in [4.78, 5) is 14.1. The van der Waals surface area contributed by atoms with Crippen molar-refractivity contribution in [1.82, 2.24) is 0 Å². The normalized spacial score (nSPS) is 29.2. The second-order valence-corrected chi connectivity index (χ2v) is 11.9. The van der Waals surface area contributed by atoms with Gasteiger partial charge in [-0.1, -0.05) is 0 Å². The van der Waals surface area contributed by atoms with Crippen molar-refractivity contribution in [1.29, 1.82) is 0 Å². The maximum absolute atomic E-state index is 14.1. The number of hydrogen-bond donors (Lipinski definition) is 10. The molecule has 19 nitrogen and oxygen atoms in total. The second kappa shape index (κ2) is 17.3. The molecule has 1 aromatic heterocycles. The highest BCUT2D eigenvalue weighted by atomic mass is 16.7. The molecule has 0 bridgehead atoms. The third-order valence-electron chi connectivity index (χ3n) is 8.31. The van der Waals surface area contributed by atoms with E-state index >= 15 is 0 Å². The SMILES string of the molecule is C[C@H]1O[C@H](OC[C@@H]2O[C@H](Oc3c(-c4ccc(OCCO)c(OCCO)c4)oc4cc(OCCO)cc(O)c4c3=O)[C@@H](O)[C@H](O)[C@H]2O)[C@@H](O)[C@@H](O)[C@@H]1O. The molecule has 2 aliphatic heterocycles. The van der Waals surface area contributed by atoms with Gasteiger partial charge < -0.3 is 88.6 Å². The van der Waals surface area contributed by atoms with E-state index in [0.717, 1.165) is 6.07 Å². The Morgan fingerprint density at radius 2 is 1.35 bits per heavy atom. The Hall–Kier alpha value is -3.83. The maximum atomic E-state index is 14.1. The smallest absolute Gasteiger partial charge is 0.239 e. The van der Waals surface area contributed by atoms with Crippen molar-refractivity contribution in [3.05, 3.63) is 40.6 Å². The van der Waals surface area contributed by atoms with Crippen molar-refractivity contribution in [3.63, 3.8) is 0 Å². The highest BCUT2D eigenvalue weighted by Gasteiger charge is 2.48. The number of aliphatic hydroxyl groups is 9. The Morgan fingerprint density at radius 3 is 2.04 bits per heavy atom. The summed E-state index contributed by atoms with van der Waals surface area (Å²) in [6.45, 7) is -0.648. The lowest BCUT2D eigenvalue weighted by atomic mass is 9.98. The summed E-state index contributed by atoms with van der Waals surface area (Å²) in [7, 11) is 0. The monoisotopic (exact) mass is 742 g/mol. The van der Waals surface area contributed by atoms with Gasteiger partial charge in [0.1, 0.15) is 85.0 Å². The number of hydrogen-bond acceptors (Lipinski definition) is 19. The van der Waals surface area contributed by atoms with Crippen LogP contribution in [0.15, 0.2) is 39.5 Å². The fourth-order valence-electron chi connectivity index (χ4n) is 5.60. The molecule has 0 spiro atoms. The summed E-state index contributed by atoms with van der Waals surface area (Å²) in [6.07, 6.45) is -16.3. The van der Waals surface area contributed by atoms with Crippen LogP contribution < -0.4 is 24.4 Å². The van der Waals surface area contributed by atoms with Crippen LogP contribution in [0.25, 0.3) is 22.3 Å². The highest BCUT2D eigenvalue weighted by molar-refractivity contribution is 5.88. The summed E-state index contributed by atoms with van der Waals surface area (Å²) in [5.41, 5.74) is -1.08. The summed E-state index contributed by atoms with van der Waals surface area (Å²) >= 11 is 0. The van der Waals surface area contributed by atoms with Crippen LogP contribution in [0.3, 0.4) is 0 Å². The molecule has 3 heterocycles. The maximum Gasteiger partial charge on any atom is 0.239 e. The molecule has 2 aliphatic rings. The van der Waals surface area contributed by atoms with Crippen LogP contribution >= 0.6 is 0 Å². The minimum atomic E-state index is -1.98. The molecule has 2 saturated heterocycles. The van der Waals surface area contributed by atoms with Gasteiger partial charge in [0, 0.05) is 17.7 Å². The molecular formula is C33H42O19. The lowest BCUT2D eigenvalue weighted by molar-refractivity contribution is -0.318. The summed E-state index contributed by atoms with van der Waals surface area (Å²) < 4.78 is 45.1. The predicted molar refractivity (Wildman–Crippen MR) is 173 cm³/mol. The van der Waals surface area contributed by atoms with Gasteiger partial charge in [-0.05, 0) is 25.1 Å². The fraction of sp³-hybridized carbons (Fsp3) is 0.545. The van der Waals surface area contributed by atoms with Crippen LogP contribution in [0, 0.1) is 0 Å². The van der Waals surface area contributed by atoms with Crippen LogP contribution in [0.5, 0.6) is 28.7 Å². The molecule has 19 heteroatoms. The average Bonchev–Trinajstić information content (AvgIpc) is 3.13. The van der Waals surface area contributed by atoms with Gasteiger partial charge in [0.15, 0.2) is 23.5 Å². The van der Waals surface area contributed by atoms with E-state index in [1.807, 2.05) is 0 Å². The molecule has 10 atom stereocenters. The number of phenols is 1. The number of fused-ring (bicyclic) bond motifs is 1. The first-order chi connectivity index (χ1) is 24.9. The van der Waals surface area contributed by atoms with Crippen molar-refractivity contribution >= 4 is 11.0 Å². The first kappa shape index (κ1) is 39.4. The van der Waals surface area contributed by atoms with E-state index in [0.29, 0.717) is 0 Å². The zero-order valence-corrected chi connectivity index (χ0v) is 27.8. The van der Waals surface area contributed by atoms with Crippen molar-refractivity contribution < 1.29 is 88.6 Å². The molecule has 0 saturated carbocycles. The molecule has 288 valence electrons. The molecule has 2 aromatic carbocycles. The molecule has 5 rings (SSSR count). The van der Waals surface area contributed by atoms with Crippen LogP contribution in [-0.4, -0.2) is 159 Å². The van der Waals surface area contributed by atoms with Gasteiger partial charge in [-0.2, -0.15) is 0 Å². The molecule has 10 N–H and O–H groups in total. The van der Waals surface area contributed by atoms with E-state index in [4.69, 9.17) is 37.6 Å². The molecule has 0 radical (unpaired) electrons. The third-order valence-corrected chi connectivity index (χ3v) is 8.31. The van der Waals surface area contributed by atoms with E-state index in [9.17, 15) is 55.9 Å². The van der Waals surface area contributed by atoms with Gasteiger partial charge in [-0.15, -0.1) is 0 Å². The van der Waals surface area contributed by atoms with Crippen LogP contribution in [0.4, 0.5) is 0 Å². The van der Waals surface area contributed by atoms with E-state index in [2.05, 4.69) is 0 Å². The average molecular weight is 743 g/mol. The Kier molecular flexibility index (Phi) is 13.1. The van der Waals surface area contributed by atoms with Crippen LogP contribution in [0.2, 0.25) is 0 Å². The molecule has 0 aliphatic carbocycles. The standard InChI is InChI=1S/C33H42O19/c1-14-23(38)26(41)28(43)32(49-14)48-13-21-24(39)27(42)29(44)33(51-21)52-31-25(40)22-17(37)11-16(45-7-4-34)12-20(22)50-30(31)15-2-3-18(46-8-5-35)19(10-15)47-9-6-36/h2-3,10-12,14,21,23-24,26-29,32-39,41-44H,4-9,13H2,1H3/t14-,21+,23-,24+,26+,27-,28+,29+,32+,33-/m1/s1. The number of benzene rings is 2. The molecule has 3 aromatic rings. The summed E-state index contributed by atoms with van der Waals surface area (Å²) in [5, 5.41) is 101. The Morgan fingerprint density at radius 1 is 0.712 bits per heavy atom. The topological polar surface area (TPSA) is 297 Å². The quantitative estimate of drug-likeness (QED) is 0.0758. The zero-order chi connectivity index (χ0) is 37.7. The summed E-state index contributed by atoms with van der Waals surface area (Å²) in [5.74, 6) is -1.31. The van der Waals surface area contributed by atoms with E-state index < -0.39 is 84.9 Å².